The molecular weight excluding hydrogens is 318 g/mol. The summed E-state index contributed by atoms with van der Waals surface area (Å²) in [5.41, 5.74) is 6.58. The van der Waals surface area contributed by atoms with Gasteiger partial charge in [-0.2, -0.15) is 0 Å². The van der Waals surface area contributed by atoms with Crippen molar-refractivity contribution >= 4 is 0 Å². The van der Waals surface area contributed by atoms with E-state index in [0.29, 0.717) is 6.04 Å². The predicted octanol–water partition coefficient (Wildman–Crippen LogP) is 3.34. The van der Waals surface area contributed by atoms with E-state index in [-0.39, 0.29) is 0 Å². The molecule has 2 aliphatic heterocycles. The Kier molecular flexibility index (Phi) is 5.97. The summed E-state index contributed by atoms with van der Waals surface area (Å²) in [7, 11) is 0. The summed E-state index contributed by atoms with van der Waals surface area (Å²) in [6.45, 7) is 14.6. The first kappa shape index (κ1) is 18.5. The maximum absolute atomic E-state index is 2.70. The van der Waals surface area contributed by atoms with E-state index in [1.165, 1.54) is 90.9 Å². The highest BCUT2D eigenvalue weighted by Crippen LogP contribution is 2.28. The Morgan fingerprint density at radius 1 is 0.731 bits per heavy atom. The van der Waals surface area contributed by atoms with E-state index in [1.807, 2.05) is 0 Å². The Balaban J connectivity index is 1.24. The van der Waals surface area contributed by atoms with Crippen LogP contribution in [-0.2, 0) is 25.8 Å². The minimum Gasteiger partial charge on any atom is -0.301 e. The molecule has 3 aliphatic rings. The van der Waals surface area contributed by atoms with Gasteiger partial charge in [-0.05, 0) is 87.7 Å². The highest BCUT2D eigenvalue weighted by molar-refractivity contribution is 5.41. The second-order valence-corrected chi connectivity index (χ2v) is 8.95. The number of piperazine rings is 1. The summed E-state index contributed by atoms with van der Waals surface area (Å²) in [6, 6.07) is 5.81. The molecule has 26 heavy (non-hydrogen) atoms. The van der Waals surface area contributed by atoms with Gasteiger partial charge in [0.05, 0.1) is 0 Å². The quantitative estimate of drug-likeness (QED) is 0.802. The van der Waals surface area contributed by atoms with E-state index in [1.54, 1.807) is 22.3 Å². The lowest BCUT2D eigenvalue weighted by atomic mass is 9.86. The molecule has 4 rings (SSSR count). The molecule has 0 aromatic heterocycles. The van der Waals surface area contributed by atoms with Crippen molar-refractivity contribution in [3.05, 3.63) is 34.4 Å². The van der Waals surface area contributed by atoms with Gasteiger partial charge in [-0.15, -0.1) is 0 Å². The average Bonchev–Trinajstić information content (AvgIpc) is 2.66. The summed E-state index contributed by atoms with van der Waals surface area (Å²) >= 11 is 0. The molecule has 0 unspecified atom stereocenters. The molecule has 144 valence electrons. The fraction of sp³-hybridized carbons (Fsp3) is 0.739. The average molecular weight is 356 g/mol. The lowest BCUT2D eigenvalue weighted by molar-refractivity contribution is 0.104. The molecule has 1 aromatic rings. The minimum absolute atomic E-state index is 0.705. The topological polar surface area (TPSA) is 9.72 Å². The molecule has 3 heteroatoms. The normalized spacial score (nSPS) is 22.4. The van der Waals surface area contributed by atoms with Crippen LogP contribution in [0.5, 0.6) is 0 Å². The second kappa shape index (κ2) is 8.41. The zero-order valence-corrected chi connectivity index (χ0v) is 17.0. The standard InChI is InChI=1S/C23H37N3/c1-19(2)26-14-12-24(13-15-26)9-5-10-25-11-8-22-16-20-6-3-4-7-21(20)17-23(22)18-25/h16-17,19H,3-15,18H2,1-2H3. The van der Waals surface area contributed by atoms with Gasteiger partial charge in [-0.3, -0.25) is 9.80 Å². The maximum Gasteiger partial charge on any atom is 0.0236 e. The molecule has 1 aliphatic carbocycles. The number of hydrogen-bond donors (Lipinski definition) is 0. The molecule has 1 aromatic carbocycles. The predicted molar refractivity (Wildman–Crippen MR) is 110 cm³/mol. The number of aryl methyl sites for hydroxylation is 2. The van der Waals surface area contributed by atoms with Gasteiger partial charge in [0.15, 0.2) is 0 Å². The van der Waals surface area contributed by atoms with Crippen LogP contribution in [0.4, 0.5) is 0 Å². The molecule has 3 nitrogen and oxygen atoms in total. The molecule has 2 heterocycles. The summed E-state index contributed by atoms with van der Waals surface area (Å²) in [6.07, 6.45) is 7.99. The first-order valence-corrected chi connectivity index (χ1v) is 11.0. The number of fused-ring (bicyclic) bond motifs is 2. The number of rotatable bonds is 5. The molecule has 0 bridgehead atoms. The minimum atomic E-state index is 0.705. The summed E-state index contributed by atoms with van der Waals surface area (Å²) in [4.78, 5) is 7.98. The van der Waals surface area contributed by atoms with Gasteiger partial charge in [0.1, 0.15) is 0 Å². The van der Waals surface area contributed by atoms with Gasteiger partial charge in [0, 0.05) is 45.3 Å². The van der Waals surface area contributed by atoms with Crippen LogP contribution in [0.3, 0.4) is 0 Å². The van der Waals surface area contributed by atoms with Crippen LogP contribution in [0.25, 0.3) is 0 Å². The van der Waals surface area contributed by atoms with Crippen LogP contribution in [-0.4, -0.2) is 66.6 Å². The summed E-state index contributed by atoms with van der Waals surface area (Å²) in [5.74, 6) is 0. The van der Waals surface area contributed by atoms with Crippen LogP contribution < -0.4 is 0 Å². The van der Waals surface area contributed by atoms with Crippen LogP contribution in [0.15, 0.2) is 12.1 Å². The summed E-state index contributed by atoms with van der Waals surface area (Å²) < 4.78 is 0. The van der Waals surface area contributed by atoms with E-state index in [2.05, 4.69) is 40.7 Å². The van der Waals surface area contributed by atoms with Crippen molar-refractivity contribution in [1.29, 1.82) is 0 Å². The molecule has 0 spiro atoms. The van der Waals surface area contributed by atoms with E-state index in [4.69, 9.17) is 0 Å². The lowest BCUT2D eigenvalue weighted by Gasteiger charge is -2.37. The Morgan fingerprint density at radius 2 is 1.35 bits per heavy atom. The van der Waals surface area contributed by atoms with Crippen molar-refractivity contribution in [2.24, 2.45) is 0 Å². The van der Waals surface area contributed by atoms with Gasteiger partial charge >= 0.3 is 0 Å². The fourth-order valence-electron chi connectivity index (χ4n) is 5.08. The van der Waals surface area contributed by atoms with Gasteiger partial charge < -0.3 is 4.90 Å². The molecular formula is C23H37N3. The summed E-state index contributed by atoms with van der Waals surface area (Å²) in [5, 5.41) is 0. The van der Waals surface area contributed by atoms with E-state index >= 15 is 0 Å². The van der Waals surface area contributed by atoms with Gasteiger partial charge in [0.2, 0.25) is 0 Å². The Hall–Kier alpha value is -0.900. The van der Waals surface area contributed by atoms with Gasteiger partial charge in [0.25, 0.3) is 0 Å². The first-order chi connectivity index (χ1) is 12.7. The van der Waals surface area contributed by atoms with Crippen molar-refractivity contribution < 1.29 is 0 Å². The van der Waals surface area contributed by atoms with E-state index in [0.717, 1.165) is 0 Å². The first-order valence-electron chi connectivity index (χ1n) is 11.0. The molecule has 0 radical (unpaired) electrons. The third-order valence-corrected chi connectivity index (χ3v) is 6.84. The number of hydrogen-bond acceptors (Lipinski definition) is 3. The van der Waals surface area contributed by atoms with Gasteiger partial charge in [-0.25, -0.2) is 0 Å². The van der Waals surface area contributed by atoms with Crippen LogP contribution in [0.1, 0.15) is 55.4 Å². The largest absolute Gasteiger partial charge is 0.301 e. The Morgan fingerprint density at radius 3 is 2.04 bits per heavy atom. The highest BCUT2D eigenvalue weighted by Gasteiger charge is 2.21. The second-order valence-electron chi connectivity index (χ2n) is 8.95. The van der Waals surface area contributed by atoms with Crippen molar-refractivity contribution in [3.63, 3.8) is 0 Å². The van der Waals surface area contributed by atoms with E-state index < -0.39 is 0 Å². The molecule has 0 atom stereocenters. The molecule has 1 saturated heterocycles. The SMILES string of the molecule is CC(C)N1CCN(CCCN2CCc3cc4c(cc3C2)CCCC4)CC1. The maximum atomic E-state index is 2.70. The van der Waals surface area contributed by atoms with Crippen molar-refractivity contribution in [1.82, 2.24) is 14.7 Å². The monoisotopic (exact) mass is 355 g/mol. The molecule has 0 saturated carbocycles. The zero-order chi connectivity index (χ0) is 17.9. The van der Waals surface area contributed by atoms with Crippen LogP contribution in [0.2, 0.25) is 0 Å². The number of benzene rings is 1. The molecule has 0 N–H and O–H groups in total. The van der Waals surface area contributed by atoms with Gasteiger partial charge in [-0.1, -0.05) is 12.1 Å². The Bertz CT molecular complexity index is 602. The zero-order valence-electron chi connectivity index (χ0n) is 17.0. The van der Waals surface area contributed by atoms with Crippen LogP contribution >= 0.6 is 0 Å². The molecule has 1 fully saturated rings. The third kappa shape index (κ3) is 4.32. The van der Waals surface area contributed by atoms with Crippen LogP contribution in [0, 0.1) is 0 Å². The fourth-order valence-corrected chi connectivity index (χ4v) is 5.08. The Labute approximate surface area is 160 Å². The van der Waals surface area contributed by atoms with Crippen molar-refractivity contribution in [2.45, 2.75) is 65.0 Å². The smallest absolute Gasteiger partial charge is 0.0236 e. The van der Waals surface area contributed by atoms with Crippen molar-refractivity contribution in [3.8, 4) is 0 Å². The number of nitrogens with zero attached hydrogens (tertiary/aromatic N) is 3. The third-order valence-electron chi connectivity index (χ3n) is 6.84. The molecule has 0 amide bonds. The lowest BCUT2D eigenvalue weighted by Crippen LogP contribution is -2.49. The van der Waals surface area contributed by atoms with E-state index in [9.17, 15) is 0 Å². The highest BCUT2D eigenvalue weighted by atomic mass is 15.3. The van der Waals surface area contributed by atoms with Crippen molar-refractivity contribution in [2.75, 3.05) is 45.8 Å².